The number of hydrogen-bond acceptors (Lipinski definition) is 5. The molecule has 2 fully saturated rings. The summed E-state index contributed by atoms with van der Waals surface area (Å²) in [6.45, 7) is 2.09. The van der Waals surface area contributed by atoms with Crippen LogP contribution in [-0.2, 0) is 20.1 Å². The summed E-state index contributed by atoms with van der Waals surface area (Å²) >= 11 is 0. The van der Waals surface area contributed by atoms with Crippen molar-refractivity contribution >= 4 is 0 Å². The van der Waals surface area contributed by atoms with Gasteiger partial charge in [-0.15, -0.1) is 0 Å². The zero-order valence-electron chi connectivity index (χ0n) is 14.5. The monoisotopic (exact) mass is 341 g/mol. The fourth-order valence-corrected chi connectivity index (χ4v) is 3.59. The predicted octanol–water partition coefficient (Wildman–Crippen LogP) is 0.879. The van der Waals surface area contributed by atoms with Crippen molar-refractivity contribution in [2.45, 2.75) is 50.7 Å². The molecule has 132 valence electrons. The van der Waals surface area contributed by atoms with E-state index >= 15 is 0 Å². The molecular weight excluding hydrogens is 318 g/mol. The van der Waals surface area contributed by atoms with Crippen molar-refractivity contribution in [1.82, 2.24) is 24.2 Å². The zero-order valence-corrected chi connectivity index (χ0v) is 14.5. The quantitative estimate of drug-likeness (QED) is 0.807. The lowest BCUT2D eigenvalue weighted by Crippen LogP contribution is -2.38. The molecule has 0 bridgehead atoms. The maximum absolute atomic E-state index is 12.2. The van der Waals surface area contributed by atoms with Crippen molar-refractivity contribution in [3.63, 3.8) is 0 Å². The Morgan fingerprint density at radius 1 is 1.20 bits per heavy atom. The summed E-state index contributed by atoms with van der Waals surface area (Å²) in [5.41, 5.74) is 1.68. The first-order valence-corrected chi connectivity index (χ1v) is 8.93. The molecule has 1 atom stereocenters. The van der Waals surface area contributed by atoms with Crippen molar-refractivity contribution in [1.29, 1.82) is 0 Å². The maximum atomic E-state index is 12.2. The second kappa shape index (κ2) is 6.55. The van der Waals surface area contributed by atoms with Crippen LogP contribution in [0.5, 0.6) is 0 Å². The third-order valence-corrected chi connectivity index (χ3v) is 5.20. The summed E-state index contributed by atoms with van der Waals surface area (Å²) in [6, 6.07) is 3.73. The predicted molar refractivity (Wildman–Crippen MR) is 93.4 cm³/mol. The van der Waals surface area contributed by atoms with E-state index in [1.54, 1.807) is 24.0 Å². The number of hydrogen-bond donors (Lipinski definition) is 0. The van der Waals surface area contributed by atoms with Gasteiger partial charge in [0, 0.05) is 43.4 Å². The lowest BCUT2D eigenvalue weighted by Gasteiger charge is -2.24. The molecule has 1 aliphatic heterocycles. The number of rotatable bonds is 5. The molecular formula is C18H23N5O2. The molecule has 1 saturated heterocycles. The molecule has 2 aliphatic rings. The molecule has 2 aromatic heterocycles. The van der Waals surface area contributed by atoms with Gasteiger partial charge >= 0.3 is 0 Å². The van der Waals surface area contributed by atoms with Gasteiger partial charge in [-0.1, -0.05) is 0 Å². The normalized spacial score (nSPS) is 20.9. The summed E-state index contributed by atoms with van der Waals surface area (Å²) in [5, 5.41) is 4.57. The van der Waals surface area contributed by atoms with Crippen LogP contribution in [0.1, 0.15) is 42.9 Å². The highest BCUT2D eigenvalue weighted by molar-refractivity contribution is 5.12. The molecule has 7 heteroatoms. The SMILES string of the molecule is Cn1cncc(CN2CCCC2Cn2nc(C3CC3)ccc2=O)c1=O. The highest BCUT2D eigenvalue weighted by atomic mass is 16.1. The first kappa shape index (κ1) is 16.2. The van der Waals surface area contributed by atoms with Crippen LogP contribution in [0.25, 0.3) is 0 Å². The van der Waals surface area contributed by atoms with E-state index in [4.69, 9.17) is 0 Å². The van der Waals surface area contributed by atoms with Gasteiger partial charge in [0.25, 0.3) is 11.1 Å². The Morgan fingerprint density at radius 3 is 2.84 bits per heavy atom. The fourth-order valence-electron chi connectivity index (χ4n) is 3.59. The Bertz CT molecular complexity index is 884. The van der Waals surface area contributed by atoms with Crippen molar-refractivity contribution in [3.8, 4) is 0 Å². The second-order valence-electron chi connectivity index (χ2n) is 7.15. The van der Waals surface area contributed by atoms with E-state index in [9.17, 15) is 9.59 Å². The van der Waals surface area contributed by atoms with Gasteiger partial charge in [-0.3, -0.25) is 14.5 Å². The van der Waals surface area contributed by atoms with E-state index in [1.807, 2.05) is 6.07 Å². The summed E-state index contributed by atoms with van der Waals surface area (Å²) < 4.78 is 3.11. The minimum atomic E-state index is -0.0476. The number of aryl methyl sites for hydroxylation is 1. The van der Waals surface area contributed by atoms with E-state index in [0.29, 0.717) is 24.6 Å². The van der Waals surface area contributed by atoms with Crippen LogP contribution < -0.4 is 11.1 Å². The van der Waals surface area contributed by atoms with Crippen LogP contribution in [-0.4, -0.2) is 36.8 Å². The fraction of sp³-hybridized carbons (Fsp3) is 0.556. The van der Waals surface area contributed by atoms with Gasteiger partial charge in [-0.25, -0.2) is 9.67 Å². The zero-order chi connectivity index (χ0) is 17.4. The van der Waals surface area contributed by atoms with Crippen LogP contribution in [0.2, 0.25) is 0 Å². The molecule has 4 rings (SSSR count). The molecule has 25 heavy (non-hydrogen) atoms. The van der Waals surface area contributed by atoms with Crippen molar-refractivity contribution in [2.75, 3.05) is 6.54 Å². The number of nitrogens with zero attached hydrogens (tertiary/aromatic N) is 5. The summed E-state index contributed by atoms with van der Waals surface area (Å²) in [6.07, 6.45) is 7.61. The van der Waals surface area contributed by atoms with Crippen LogP contribution in [0.3, 0.4) is 0 Å². The van der Waals surface area contributed by atoms with E-state index in [-0.39, 0.29) is 17.2 Å². The first-order chi connectivity index (χ1) is 12.1. The summed E-state index contributed by atoms with van der Waals surface area (Å²) in [7, 11) is 1.72. The van der Waals surface area contributed by atoms with E-state index in [2.05, 4.69) is 15.0 Å². The Kier molecular flexibility index (Phi) is 4.25. The molecule has 0 amide bonds. The minimum Gasteiger partial charge on any atom is -0.302 e. The lowest BCUT2D eigenvalue weighted by molar-refractivity contribution is 0.215. The standard InChI is InChI=1S/C18H23N5O2/c1-21-12-19-9-14(18(21)25)10-22-8-2-3-15(22)11-23-17(24)7-6-16(20-23)13-4-5-13/h6-7,9,12-13,15H,2-5,8,10-11H2,1H3. The summed E-state index contributed by atoms with van der Waals surface area (Å²) in [5.74, 6) is 0.532. The van der Waals surface area contributed by atoms with Gasteiger partial charge in [0.05, 0.1) is 18.6 Å². The molecule has 0 aromatic carbocycles. The molecule has 1 saturated carbocycles. The molecule has 3 heterocycles. The van der Waals surface area contributed by atoms with E-state index in [0.717, 1.165) is 25.1 Å². The van der Waals surface area contributed by atoms with Gasteiger partial charge < -0.3 is 4.57 Å². The Labute approximate surface area is 145 Å². The Hall–Kier alpha value is -2.28. The molecule has 0 radical (unpaired) electrons. The molecule has 2 aromatic rings. The molecule has 7 nitrogen and oxygen atoms in total. The van der Waals surface area contributed by atoms with Gasteiger partial charge in [0.1, 0.15) is 0 Å². The molecule has 0 N–H and O–H groups in total. The van der Waals surface area contributed by atoms with E-state index < -0.39 is 0 Å². The van der Waals surface area contributed by atoms with Crippen LogP contribution >= 0.6 is 0 Å². The average molecular weight is 341 g/mol. The highest BCUT2D eigenvalue weighted by Crippen LogP contribution is 2.38. The van der Waals surface area contributed by atoms with Crippen LogP contribution in [0.4, 0.5) is 0 Å². The average Bonchev–Trinajstić information content (AvgIpc) is 3.36. The maximum Gasteiger partial charge on any atom is 0.266 e. The smallest absolute Gasteiger partial charge is 0.266 e. The minimum absolute atomic E-state index is 0.00771. The Balaban J connectivity index is 1.52. The summed E-state index contributed by atoms with van der Waals surface area (Å²) in [4.78, 5) is 30.8. The third-order valence-electron chi connectivity index (χ3n) is 5.20. The van der Waals surface area contributed by atoms with Crippen molar-refractivity contribution in [2.24, 2.45) is 7.05 Å². The molecule has 1 unspecified atom stereocenters. The van der Waals surface area contributed by atoms with Crippen molar-refractivity contribution < 1.29 is 0 Å². The van der Waals surface area contributed by atoms with Gasteiger partial charge in [-0.05, 0) is 38.3 Å². The third kappa shape index (κ3) is 3.42. The van der Waals surface area contributed by atoms with Crippen LogP contribution in [0, 0.1) is 0 Å². The molecule has 1 aliphatic carbocycles. The number of likely N-dealkylation sites (tertiary alicyclic amines) is 1. The first-order valence-electron chi connectivity index (χ1n) is 8.93. The van der Waals surface area contributed by atoms with Gasteiger partial charge in [-0.2, -0.15) is 5.10 Å². The largest absolute Gasteiger partial charge is 0.302 e. The van der Waals surface area contributed by atoms with Gasteiger partial charge in [0.2, 0.25) is 0 Å². The van der Waals surface area contributed by atoms with Gasteiger partial charge in [0.15, 0.2) is 0 Å². The lowest BCUT2D eigenvalue weighted by atomic mass is 10.2. The van der Waals surface area contributed by atoms with E-state index in [1.165, 1.54) is 23.7 Å². The van der Waals surface area contributed by atoms with Crippen molar-refractivity contribution in [3.05, 3.63) is 56.6 Å². The molecule has 0 spiro atoms. The number of aromatic nitrogens is 4. The topological polar surface area (TPSA) is 73.0 Å². The second-order valence-corrected chi connectivity index (χ2v) is 7.15. The Morgan fingerprint density at radius 2 is 2.04 bits per heavy atom. The highest BCUT2D eigenvalue weighted by Gasteiger charge is 2.28. The van der Waals surface area contributed by atoms with Crippen LogP contribution in [0.15, 0.2) is 34.2 Å².